The van der Waals surface area contributed by atoms with Crippen LogP contribution in [0.3, 0.4) is 0 Å². The number of piperazine rings is 1. The van der Waals surface area contributed by atoms with Crippen LogP contribution in [0.4, 0.5) is 15.9 Å². The largest absolute Gasteiger partial charge is 0.368 e. The van der Waals surface area contributed by atoms with Gasteiger partial charge < -0.3 is 9.80 Å². The second kappa shape index (κ2) is 7.74. The Morgan fingerprint density at radius 1 is 0.852 bits per heavy atom. The van der Waals surface area contributed by atoms with Crippen LogP contribution in [0.25, 0.3) is 0 Å². The zero-order valence-electron chi connectivity index (χ0n) is 15.5. The molecular formula is C22H23FN4. The minimum absolute atomic E-state index is 0.208. The van der Waals surface area contributed by atoms with Gasteiger partial charge in [-0.3, -0.25) is 0 Å². The summed E-state index contributed by atoms with van der Waals surface area (Å²) in [5.74, 6) is 0.714. The van der Waals surface area contributed by atoms with E-state index in [1.165, 1.54) is 17.8 Å². The van der Waals surface area contributed by atoms with Crippen LogP contribution in [0, 0.1) is 12.7 Å². The molecule has 0 unspecified atom stereocenters. The van der Waals surface area contributed by atoms with Crippen molar-refractivity contribution in [2.75, 3.05) is 36.0 Å². The molecule has 27 heavy (non-hydrogen) atoms. The fourth-order valence-corrected chi connectivity index (χ4v) is 3.47. The molecule has 138 valence electrons. The van der Waals surface area contributed by atoms with Gasteiger partial charge in [-0.05, 0) is 54.8 Å². The van der Waals surface area contributed by atoms with E-state index < -0.39 is 0 Å². The van der Waals surface area contributed by atoms with Crippen LogP contribution in [-0.4, -0.2) is 36.4 Å². The molecule has 0 amide bonds. The van der Waals surface area contributed by atoms with Gasteiger partial charge in [0.1, 0.15) is 5.82 Å². The number of aryl methyl sites for hydroxylation is 1. The molecule has 0 aliphatic carbocycles. The number of nitrogens with zero attached hydrogens (tertiary/aromatic N) is 4. The van der Waals surface area contributed by atoms with Crippen LogP contribution >= 0.6 is 0 Å². The molecule has 0 saturated carbocycles. The van der Waals surface area contributed by atoms with Gasteiger partial charge in [0.25, 0.3) is 0 Å². The van der Waals surface area contributed by atoms with Gasteiger partial charge in [0.2, 0.25) is 0 Å². The van der Waals surface area contributed by atoms with E-state index >= 15 is 0 Å². The average molecular weight is 362 g/mol. The molecule has 1 aromatic heterocycles. The van der Waals surface area contributed by atoms with Crippen molar-refractivity contribution in [3.8, 4) is 0 Å². The molecule has 4 rings (SSSR count). The van der Waals surface area contributed by atoms with Crippen LogP contribution in [0.1, 0.15) is 16.8 Å². The molecule has 3 aromatic rings. The number of benzene rings is 2. The minimum Gasteiger partial charge on any atom is -0.368 e. The highest BCUT2D eigenvalue weighted by atomic mass is 19.1. The number of rotatable bonds is 4. The van der Waals surface area contributed by atoms with Crippen LogP contribution in [0.5, 0.6) is 0 Å². The molecule has 5 heteroatoms. The monoisotopic (exact) mass is 362 g/mol. The van der Waals surface area contributed by atoms with E-state index in [0.29, 0.717) is 0 Å². The van der Waals surface area contributed by atoms with Crippen LogP contribution in [0.2, 0.25) is 0 Å². The maximum Gasteiger partial charge on any atom is 0.151 e. The first-order chi connectivity index (χ1) is 13.2. The zero-order chi connectivity index (χ0) is 18.6. The third-order valence-electron chi connectivity index (χ3n) is 5.10. The summed E-state index contributed by atoms with van der Waals surface area (Å²) in [5, 5.41) is 8.78. The highest BCUT2D eigenvalue weighted by Gasteiger charge is 2.19. The summed E-state index contributed by atoms with van der Waals surface area (Å²) in [6, 6.07) is 19.3. The van der Waals surface area contributed by atoms with Crippen LogP contribution in [-0.2, 0) is 6.42 Å². The van der Waals surface area contributed by atoms with Crippen molar-refractivity contribution in [3.05, 3.63) is 83.3 Å². The molecule has 2 aromatic carbocycles. The summed E-state index contributed by atoms with van der Waals surface area (Å²) in [4.78, 5) is 4.69. The highest BCUT2D eigenvalue weighted by molar-refractivity contribution is 5.50. The topological polar surface area (TPSA) is 32.3 Å². The lowest BCUT2D eigenvalue weighted by Crippen LogP contribution is -2.47. The first-order valence-corrected chi connectivity index (χ1v) is 9.31. The van der Waals surface area contributed by atoms with Gasteiger partial charge in [-0.1, -0.05) is 30.3 Å². The highest BCUT2D eigenvalue weighted by Crippen LogP contribution is 2.21. The second-order valence-corrected chi connectivity index (χ2v) is 6.93. The fraction of sp³-hybridized carbons (Fsp3) is 0.273. The van der Waals surface area contributed by atoms with E-state index in [-0.39, 0.29) is 5.82 Å². The number of aromatic nitrogens is 2. The van der Waals surface area contributed by atoms with E-state index in [1.54, 1.807) is 0 Å². The third kappa shape index (κ3) is 4.08. The van der Waals surface area contributed by atoms with Crippen molar-refractivity contribution in [3.63, 3.8) is 0 Å². The Balaban J connectivity index is 1.46. The Kier molecular flexibility index (Phi) is 5.01. The summed E-state index contributed by atoms with van der Waals surface area (Å²) in [6.45, 7) is 5.74. The Morgan fingerprint density at radius 2 is 1.52 bits per heavy atom. The molecule has 0 bridgehead atoms. The van der Waals surface area contributed by atoms with Crippen molar-refractivity contribution in [1.82, 2.24) is 10.2 Å². The van der Waals surface area contributed by atoms with E-state index in [1.807, 2.05) is 25.1 Å². The van der Waals surface area contributed by atoms with Crippen molar-refractivity contribution in [2.45, 2.75) is 13.3 Å². The quantitative estimate of drug-likeness (QED) is 0.706. The van der Waals surface area contributed by atoms with E-state index in [4.69, 9.17) is 0 Å². The molecule has 1 saturated heterocycles. The number of halogens is 1. The van der Waals surface area contributed by atoms with E-state index in [2.05, 4.69) is 50.3 Å². The van der Waals surface area contributed by atoms with Gasteiger partial charge in [-0.2, -0.15) is 5.10 Å². The average Bonchev–Trinajstić information content (AvgIpc) is 2.72. The van der Waals surface area contributed by atoms with E-state index in [0.717, 1.165) is 55.2 Å². The van der Waals surface area contributed by atoms with Crippen LogP contribution < -0.4 is 9.80 Å². The normalized spacial score (nSPS) is 14.4. The second-order valence-electron chi connectivity index (χ2n) is 6.93. The number of hydrogen-bond acceptors (Lipinski definition) is 4. The summed E-state index contributed by atoms with van der Waals surface area (Å²) < 4.78 is 13.1. The number of anilines is 2. The molecule has 0 radical (unpaired) electrons. The summed E-state index contributed by atoms with van der Waals surface area (Å²) in [6.07, 6.45) is 0.735. The fourth-order valence-electron chi connectivity index (χ4n) is 3.47. The van der Waals surface area contributed by atoms with Gasteiger partial charge in [0.15, 0.2) is 5.82 Å². The van der Waals surface area contributed by atoms with Gasteiger partial charge in [-0.25, -0.2) is 4.39 Å². The molecule has 0 N–H and O–H groups in total. The molecule has 2 heterocycles. The maximum absolute atomic E-state index is 13.1. The smallest absolute Gasteiger partial charge is 0.151 e. The predicted octanol–water partition coefficient (Wildman–Crippen LogP) is 3.84. The Bertz CT molecular complexity index is 888. The first kappa shape index (κ1) is 17.5. The zero-order valence-corrected chi connectivity index (χ0v) is 15.5. The molecule has 0 spiro atoms. The lowest BCUT2D eigenvalue weighted by Gasteiger charge is -2.36. The molecular weight excluding hydrogens is 339 g/mol. The summed E-state index contributed by atoms with van der Waals surface area (Å²) in [7, 11) is 0. The summed E-state index contributed by atoms with van der Waals surface area (Å²) in [5.41, 5.74) is 4.40. The van der Waals surface area contributed by atoms with Gasteiger partial charge in [0.05, 0.1) is 5.69 Å². The molecule has 1 aliphatic heterocycles. The Morgan fingerprint density at radius 3 is 2.22 bits per heavy atom. The van der Waals surface area contributed by atoms with Gasteiger partial charge in [-0.15, -0.1) is 5.10 Å². The van der Waals surface area contributed by atoms with Gasteiger partial charge in [0, 0.05) is 31.9 Å². The summed E-state index contributed by atoms with van der Waals surface area (Å²) >= 11 is 0. The standard InChI is InChI=1S/C22H23FN4/c1-17-19(15-18-7-9-20(23)10-8-18)16-22(25-24-17)27-13-11-26(12-14-27)21-5-3-2-4-6-21/h2-10,16H,11-15H2,1H3. The van der Waals surface area contributed by atoms with Gasteiger partial charge >= 0.3 is 0 Å². The molecule has 1 fully saturated rings. The lowest BCUT2D eigenvalue weighted by atomic mass is 10.0. The SMILES string of the molecule is Cc1nnc(N2CCN(c3ccccc3)CC2)cc1Cc1ccc(F)cc1. The van der Waals surface area contributed by atoms with E-state index in [9.17, 15) is 4.39 Å². The molecule has 1 aliphatic rings. The van der Waals surface area contributed by atoms with Crippen LogP contribution in [0.15, 0.2) is 60.7 Å². The molecule has 4 nitrogen and oxygen atoms in total. The minimum atomic E-state index is -0.208. The van der Waals surface area contributed by atoms with Crippen molar-refractivity contribution in [2.24, 2.45) is 0 Å². The Hall–Kier alpha value is -2.95. The predicted molar refractivity (Wildman–Crippen MR) is 107 cm³/mol. The Labute approximate surface area is 159 Å². The first-order valence-electron chi connectivity index (χ1n) is 9.31. The maximum atomic E-state index is 13.1. The number of hydrogen-bond donors (Lipinski definition) is 0. The lowest BCUT2D eigenvalue weighted by molar-refractivity contribution is 0.627. The van der Waals surface area contributed by atoms with Crippen molar-refractivity contribution in [1.29, 1.82) is 0 Å². The van der Waals surface area contributed by atoms with Crippen molar-refractivity contribution >= 4 is 11.5 Å². The third-order valence-corrected chi connectivity index (χ3v) is 5.10. The van der Waals surface area contributed by atoms with Crippen molar-refractivity contribution < 1.29 is 4.39 Å². The molecule has 0 atom stereocenters. The number of para-hydroxylation sites is 1.